The third-order valence-corrected chi connectivity index (χ3v) is 1.85. The van der Waals surface area contributed by atoms with Crippen molar-refractivity contribution in [2.75, 3.05) is 6.54 Å². The van der Waals surface area contributed by atoms with Crippen LogP contribution in [0.1, 0.15) is 17.2 Å². The lowest BCUT2D eigenvalue weighted by atomic mass is 10.0. The number of hydrogen-bond donors (Lipinski definition) is 2. The molecule has 5 heteroatoms. The Bertz CT molecular complexity index is 311. The Hall–Kier alpha value is -1.07. The van der Waals surface area contributed by atoms with Crippen molar-refractivity contribution in [3.05, 3.63) is 35.4 Å². The molecule has 0 heterocycles. The molecule has 0 spiro atoms. The molecule has 0 amide bonds. The van der Waals surface area contributed by atoms with Crippen LogP contribution in [0.25, 0.3) is 0 Å². The maximum atomic E-state index is 12.4. The van der Waals surface area contributed by atoms with E-state index in [0.717, 1.165) is 6.07 Å². The van der Waals surface area contributed by atoms with Crippen LogP contribution in [-0.4, -0.2) is 11.7 Å². The van der Waals surface area contributed by atoms with E-state index in [2.05, 4.69) is 0 Å². The van der Waals surface area contributed by atoms with Crippen LogP contribution in [0.3, 0.4) is 0 Å². The number of aliphatic hydroxyl groups excluding tert-OH is 1. The summed E-state index contributed by atoms with van der Waals surface area (Å²) in [7, 11) is 0. The Morgan fingerprint density at radius 3 is 2.36 bits per heavy atom. The zero-order valence-electron chi connectivity index (χ0n) is 7.25. The van der Waals surface area contributed by atoms with Gasteiger partial charge in [0.15, 0.2) is 0 Å². The lowest BCUT2D eigenvalue weighted by Crippen LogP contribution is -2.17. The lowest BCUT2D eigenvalue weighted by molar-refractivity contribution is -0.139. The zero-order valence-corrected chi connectivity index (χ0v) is 7.25. The minimum absolute atomic E-state index is 0.178. The summed E-state index contributed by atoms with van der Waals surface area (Å²) in [5, 5.41) is 9.25. The van der Waals surface area contributed by atoms with E-state index in [9.17, 15) is 18.3 Å². The molecule has 1 rings (SSSR count). The molecule has 1 aromatic carbocycles. The van der Waals surface area contributed by atoms with E-state index in [1.54, 1.807) is 0 Å². The van der Waals surface area contributed by atoms with Gasteiger partial charge in [-0.1, -0.05) is 18.2 Å². The molecule has 0 aromatic heterocycles. The molecule has 0 saturated heterocycles. The third-order valence-electron chi connectivity index (χ3n) is 1.85. The van der Waals surface area contributed by atoms with Gasteiger partial charge in [0.2, 0.25) is 0 Å². The van der Waals surface area contributed by atoms with Crippen LogP contribution in [0, 0.1) is 0 Å². The molecule has 14 heavy (non-hydrogen) atoms. The molecule has 0 aliphatic rings. The molecule has 1 atom stereocenters. The van der Waals surface area contributed by atoms with E-state index >= 15 is 0 Å². The second kappa shape index (κ2) is 3.98. The predicted octanol–water partition coefficient (Wildman–Crippen LogP) is 1.70. The van der Waals surface area contributed by atoms with Crippen molar-refractivity contribution in [3.63, 3.8) is 0 Å². The Morgan fingerprint density at radius 2 is 1.86 bits per heavy atom. The second-order valence-electron chi connectivity index (χ2n) is 2.84. The van der Waals surface area contributed by atoms with E-state index in [1.165, 1.54) is 18.2 Å². The number of halogens is 3. The Labute approximate surface area is 79.2 Å². The van der Waals surface area contributed by atoms with Crippen LogP contribution >= 0.6 is 0 Å². The highest BCUT2D eigenvalue weighted by atomic mass is 19.4. The van der Waals surface area contributed by atoms with Gasteiger partial charge in [-0.25, -0.2) is 0 Å². The van der Waals surface area contributed by atoms with Crippen LogP contribution < -0.4 is 5.73 Å². The van der Waals surface area contributed by atoms with Gasteiger partial charge in [-0.05, 0) is 11.6 Å². The molecule has 1 aromatic rings. The van der Waals surface area contributed by atoms with Crippen molar-refractivity contribution in [2.45, 2.75) is 12.3 Å². The van der Waals surface area contributed by atoms with Gasteiger partial charge < -0.3 is 10.8 Å². The minimum atomic E-state index is -4.45. The van der Waals surface area contributed by atoms with Crippen LogP contribution in [0.4, 0.5) is 13.2 Å². The van der Waals surface area contributed by atoms with Gasteiger partial charge >= 0.3 is 6.18 Å². The van der Waals surface area contributed by atoms with E-state index in [0.29, 0.717) is 0 Å². The Kier molecular flexibility index (Phi) is 3.13. The third kappa shape index (κ3) is 2.24. The summed E-state index contributed by atoms with van der Waals surface area (Å²) in [6, 6.07) is 4.85. The fourth-order valence-corrected chi connectivity index (χ4v) is 1.17. The minimum Gasteiger partial charge on any atom is -0.387 e. The maximum absolute atomic E-state index is 12.4. The first kappa shape index (κ1) is 11.0. The van der Waals surface area contributed by atoms with Crippen LogP contribution in [0.15, 0.2) is 24.3 Å². The molecule has 0 aliphatic carbocycles. The second-order valence-corrected chi connectivity index (χ2v) is 2.84. The molecular weight excluding hydrogens is 195 g/mol. The highest BCUT2D eigenvalue weighted by Gasteiger charge is 2.34. The molecule has 0 radical (unpaired) electrons. The lowest BCUT2D eigenvalue weighted by Gasteiger charge is -2.15. The summed E-state index contributed by atoms with van der Waals surface area (Å²) in [5.74, 6) is 0. The summed E-state index contributed by atoms with van der Waals surface area (Å²) >= 11 is 0. The summed E-state index contributed by atoms with van der Waals surface area (Å²) in [5.41, 5.74) is 4.09. The van der Waals surface area contributed by atoms with Crippen LogP contribution in [-0.2, 0) is 6.18 Å². The van der Waals surface area contributed by atoms with E-state index in [1.807, 2.05) is 0 Å². The summed E-state index contributed by atoms with van der Waals surface area (Å²) in [6.45, 7) is -0.229. The Balaban J connectivity index is 3.16. The highest BCUT2D eigenvalue weighted by Crippen LogP contribution is 2.34. The zero-order chi connectivity index (χ0) is 10.8. The van der Waals surface area contributed by atoms with Crippen LogP contribution in [0.2, 0.25) is 0 Å². The molecule has 3 N–H and O–H groups in total. The van der Waals surface area contributed by atoms with Crippen molar-refractivity contribution in [3.8, 4) is 0 Å². The quantitative estimate of drug-likeness (QED) is 0.771. The molecule has 0 aliphatic heterocycles. The van der Waals surface area contributed by atoms with Gasteiger partial charge in [0, 0.05) is 6.54 Å². The maximum Gasteiger partial charge on any atom is 0.416 e. The number of alkyl halides is 3. The van der Waals surface area contributed by atoms with Gasteiger partial charge in [-0.2, -0.15) is 13.2 Å². The molecule has 0 fully saturated rings. The average Bonchev–Trinajstić information content (AvgIpc) is 2.15. The molecule has 0 bridgehead atoms. The first-order valence-corrected chi connectivity index (χ1v) is 4.01. The summed E-state index contributed by atoms with van der Waals surface area (Å²) in [6.07, 6.45) is -5.72. The molecule has 0 unspecified atom stereocenters. The van der Waals surface area contributed by atoms with Crippen molar-refractivity contribution < 1.29 is 18.3 Å². The number of benzene rings is 1. The van der Waals surface area contributed by atoms with Gasteiger partial charge in [-0.3, -0.25) is 0 Å². The summed E-state index contributed by atoms with van der Waals surface area (Å²) < 4.78 is 37.2. The first-order valence-electron chi connectivity index (χ1n) is 4.01. The topological polar surface area (TPSA) is 46.2 Å². The number of rotatable bonds is 2. The fourth-order valence-electron chi connectivity index (χ4n) is 1.17. The van der Waals surface area contributed by atoms with Crippen molar-refractivity contribution in [1.29, 1.82) is 0 Å². The molecular formula is C9H10F3NO. The van der Waals surface area contributed by atoms with Crippen molar-refractivity contribution in [2.24, 2.45) is 5.73 Å². The predicted molar refractivity (Wildman–Crippen MR) is 45.5 cm³/mol. The normalized spacial score (nSPS) is 14.1. The monoisotopic (exact) mass is 205 g/mol. The number of hydrogen-bond acceptors (Lipinski definition) is 2. The first-order chi connectivity index (χ1) is 6.46. The largest absolute Gasteiger partial charge is 0.416 e. The van der Waals surface area contributed by atoms with E-state index < -0.39 is 17.8 Å². The smallest absolute Gasteiger partial charge is 0.387 e. The van der Waals surface area contributed by atoms with E-state index in [4.69, 9.17) is 5.73 Å². The van der Waals surface area contributed by atoms with Gasteiger partial charge in [-0.15, -0.1) is 0 Å². The van der Waals surface area contributed by atoms with Gasteiger partial charge in [0.25, 0.3) is 0 Å². The van der Waals surface area contributed by atoms with Crippen LogP contribution in [0.5, 0.6) is 0 Å². The molecule has 78 valence electrons. The standard InChI is InChI=1S/C9H10F3NO/c10-9(11,12)7-4-2-1-3-6(7)8(14)5-13/h1-4,8,14H,5,13H2/t8-/m0/s1. The van der Waals surface area contributed by atoms with Gasteiger partial charge in [0.1, 0.15) is 0 Å². The summed E-state index contributed by atoms with van der Waals surface area (Å²) in [4.78, 5) is 0. The number of nitrogens with two attached hydrogens (primary N) is 1. The number of aliphatic hydroxyl groups is 1. The van der Waals surface area contributed by atoms with Crippen molar-refractivity contribution >= 4 is 0 Å². The SMILES string of the molecule is NC[C@H](O)c1ccccc1C(F)(F)F. The van der Waals surface area contributed by atoms with Crippen molar-refractivity contribution in [1.82, 2.24) is 0 Å². The molecule has 0 saturated carbocycles. The highest BCUT2D eigenvalue weighted by molar-refractivity contribution is 5.31. The molecule has 2 nitrogen and oxygen atoms in total. The Morgan fingerprint density at radius 1 is 1.29 bits per heavy atom. The fraction of sp³-hybridized carbons (Fsp3) is 0.333. The van der Waals surface area contributed by atoms with Gasteiger partial charge in [0.05, 0.1) is 11.7 Å². The van der Waals surface area contributed by atoms with E-state index in [-0.39, 0.29) is 12.1 Å². The average molecular weight is 205 g/mol.